The summed E-state index contributed by atoms with van der Waals surface area (Å²) < 4.78 is 38.8. The zero-order chi connectivity index (χ0) is 20.9. The first-order valence-corrected chi connectivity index (χ1v) is 10.2. The Morgan fingerprint density at radius 2 is 1.93 bits per heavy atom. The first kappa shape index (κ1) is 24.7. The predicted molar refractivity (Wildman–Crippen MR) is 124 cm³/mol. The molecule has 0 bridgehead atoms. The number of alkyl halides is 3. The van der Waals surface area contributed by atoms with Gasteiger partial charge in [-0.1, -0.05) is 12.1 Å². The standard InChI is InChI=1S/C20H29F3N6.HI/c1-3-24-19(29-13-11-28(12-14-29)15(2)20(21,22)23)25-10-6-9-18-26-16-7-4-5-8-17(16)27-18;/h4-5,7-8,15H,3,6,9-14H2,1-2H3,(H,24,25)(H,26,27);1H. The van der Waals surface area contributed by atoms with Crippen LogP contribution in [0.25, 0.3) is 11.0 Å². The van der Waals surface area contributed by atoms with Gasteiger partial charge in [-0.2, -0.15) is 13.2 Å². The number of aliphatic imine (C=N–C) groups is 1. The second kappa shape index (κ2) is 11.2. The molecule has 1 aromatic carbocycles. The van der Waals surface area contributed by atoms with Gasteiger partial charge in [0.1, 0.15) is 11.9 Å². The summed E-state index contributed by atoms with van der Waals surface area (Å²) in [4.78, 5) is 16.1. The monoisotopic (exact) mass is 538 g/mol. The molecule has 168 valence electrons. The fraction of sp³-hybridized carbons (Fsp3) is 0.600. The van der Waals surface area contributed by atoms with Crippen molar-refractivity contribution in [3.8, 4) is 0 Å². The van der Waals surface area contributed by atoms with Crippen LogP contribution in [0.3, 0.4) is 0 Å². The fourth-order valence-electron chi connectivity index (χ4n) is 3.51. The van der Waals surface area contributed by atoms with Crippen LogP contribution in [-0.2, 0) is 6.42 Å². The molecule has 1 aromatic heterocycles. The number of nitrogens with one attached hydrogen (secondary N) is 2. The van der Waals surface area contributed by atoms with Gasteiger partial charge in [0.2, 0.25) is 0 Å². The Bertz CT molecular complexity index is 781. The quantitative estimate of drug-likeness (QED) is 0.255. The molecule has 0 amide bonds. The maximum atomic E-state index is 12.9. The van der Waals surface area contributed by atoms with Gasteiger partial charge >= 0.3 is 6.18 Å². The van der Waals surface area contributed by atoms with Crippen molar-refractivity contribution in [2.45, 2.75) is 38.9 Å². The molecule has 1 fully saturated rings. The first-order chi connectivity index (χ1) is 13.9. The molecule has 3 rings (SSSR count). The Morgan fingerprint density at radius 3 is 2.57 bits per heavy atom. The number of fused-ring (bicyclic) bond motifs is 1. The lowest BCUT2D eigenvalue weighted by Crippen LogP contribution is -2.56. The number of hydrogen-bond acceptors (Lipinski definition) is 3. The summed E-state index contributed by atoms with van der Waals surface area (Å²) in [5, 5.41) is 3.26. The second-order valence-corrected chi connectivity index (χ2v) is 7.28. The van der Waals surface area contributed by atoms with E-state index in [4.69, 9.17) is 0 Å². The van der Waals surface area contributed by atoms with E-state index in [1.165, 1.54) is 11.8 Å². The van der Waals surface area contributed by atoms with E-state index in [0.29, 0.717) is 32.7 Å². The number of hydrogen-bond donors (Lipinski definition) is 2. The summed E-state index contributed by atoms with van der Waals surface area (Å²) in [6, 6.07) is 6.53. The van der Waals surface area contributed by atoms with Crippen LogP contribution in [-0.4, -0.2) is 77.2 Å². The fourth-order valence-corrected chi connectivity index (χ4v) is 3.51. The average Bonchev–Trinajstić information content (AvgIpc) is 3.12. The van der Waals surface area contributed by atoms with Crippen LogP contribution in [0.2, 0.25) is 0 Å². The number of halogens is 4. The van der Waals surface area contributed by atoms with Gasteiger partial charge < -0.3 is 15.2 Å². The van der Waals surface area contributed by atoms with E-state index in [9.17, 15) is 13.2 Å². The molecule has 30 heavy (non-hydrogen) atoms. The second-order valence-electron chi connectivity index (χ2n) is 7.28. The number of nitrogens with zero attached hydrogens (tertiary/aromatic N) is 4. The van der Waals surface area contributed by atoms with Crippen molar-refractivity contribution in [1.82, 2.24) is 25.1 Å². The molecule has 1 aliphatic heterocycles. The van der Waals surface area contributed by atoms with Gasteiger partial charge in [-0.25, -0.2) is 4.98 Å². The number of H-pyrrole nitrogens is 1. The molecular weight excluding hydrogens is 508 g/mol. The number of aromatic amines is 1. The smallest absolute Gasteiger partial charge is 0.357 e. The topological polar surface area (TPSA) is 59.6 Å². The van der Waals surface area contributed by atoms with Crippen LogP contribution in [0.1, 0.15) is 26.1 Å². The third-order valence-electron chi connectivity index (χ3n) is 5.24. The maximum Gasteiger partial charge on any atom is 0.403 e. The number of rotatable bonds is 6. The number of guanidine groups is 1. The van der Waals surface area contributed by atoms with Crippen molar-refractivity contribution in [1.29, 1.82) is 0 Å². The van der Waals surface area contributed by atoms with Crippen LogP contribution in [0.15, 0.2) is 29.3 Å². The molecule has 0 spiro atoms. The summed E-state index contributed by atoms with van der Waals surface area (Å²) >= 11 is 0. The van der Waals surface area contributed by atoms with E-state index in [2.05, 4.69) is 20.3 Å². The van der Waals surface area contributed by atoms with Gasteiger partial charge in [-0.3, -0.25) is 9.89 Å². The Balaban J connectivity index is 0.00000320. The van der Waals surface area contributed by atoms with Crippen LogP contribution >= 0.6 is 24.0 Å². The molecule has 6 nitrogen and oxygen atoms in total. The van der Waals surface area contributed by atoms with Crippen molar-refractivity contribution in [3.05, 3.63) is 30.1 Å². The molecule has 10 heteroatoms. The Morgan fingerprint density at radius 1 is 1.23 bits per heavy atom. The van der Waals surface area contributed by atoms with Gasteiger partial charge in [-0.15, -0.1) is 24.0 Å². The molecule has 1 saturated heterocycles. The third kappa shape index (κ3) is 6.47. The van der Waals surface area contributed by atoms with E-state index >= 15 is 0 Å². The van der Waals surface area contributed by atoms with E-state index in [1.807, 2.05) is 36.1 Å². The number of piperazine rings is 1. The highest BCUT2D eigenvalue weighted by Gasteiger charge is 2.41. The zero-order valence-corrected chi connectivity index (χ0v) is 19.7. The Hall–Kier alpha value is -1.56. The minimum absolute atomic E-state index is 0. The minimum Gasteiger partial charge on any atom is -0.357 e. The number of para-hydroxylation sites is 2. The van der Waals surface area contributed by atoms with Crippen LogP contribution in [0.4, 0.5) is 13.2 Å². The van der Waals surface area contributed by atoms with Gasteiger partial charge in [-0.05, 0) is 32.4 Å². The summed E-state index contributed by atoms with van der Waals surface area (Å²) in [6.45, 7) is 6.42. The normalized spacial score (nSPS) is 17.1. The SMILES string of the molecule is CCNC(=NCCCc1nc2ccccc2[nH]1)N1CCN(C(C)C(F)(F)F)CC1.I. The van der Waals surface area contributed by atoms with Crippen molar-refractivity contribution < 1.29 is 13.2 Å². The van der Waals surface area contributed by atoms with E-state index in [1.54, 1.807) is 0 Å². The zero-order valence-electron chi connectivity index (χ0n) is 17.4. The van der Waals surface area contributed by atoms with Crippen LogP contribution in [0, 0.1) is 0 Å². The summed E-state index contributed by atoms with van der Waals surface area (Å²) in [5.41, 5.74) is 2.00. The molecular formula is C20H30F3IN6. The molecule has 1 aliphatic rings. The number of aryl methyl sites for hydroxylation is 1. The molecule has 0 aliphatic carbocycles. The van der Waals surface area contributed by atoms with Gasteiger partial charge in [0.05, 0.1) is 11.0 Å². The Kier molecular flexibility index (Phi) is 9.20. The maximum absolute atomic E-state index is 12.9. The van der Waals surface area contributed by atoms with Crippen LogP contribution < -0.4 is 5.32 Å². The minimum atomic E-state index is -4.18. The van der Waals surface area contributed by atoms with Crippen molar-refractivity contribution in [3.63, 3.8) is 0 Å². The Labute approximate surface area is 192 Å². The highest BCUT2D eigenvalue weighted by atomic mass is 127. The summed E-state index contributed by atoms with van der Waals surface area (Å²) in [7, 11) is 0. The molecule has 2 heterocycles. The molecule has 0 saturated carbocycles. The summed E-state index contributed by atoms with van der Waals surface area (Å²) in [6.07, 6.45) is -2.54. The van der Waals surface area contributed by atoms with Crippen LogP contribution in [0.5, 0.6) is 0 Å². The van der Waals surface area contributed by atoms with Gasteiger partial charge in [0.15, 0.2) is 5.96 Å². The van der Waals surface area contributed by atoms with Crippen molar-refractivity contribution in [2.75, 3.05) is 39.3 Å². The molecule has 2 aromatic rings. The number of benzene rings is 1. The predicted octanol–water partition coefficient (Wildman–Crippen LogP) is 3.65. The molecule has 1 atom stereocenters. The van der Waals surface area contributed by atoms with Crippen molar-refractivity contribution >= 4 is 41.0 Å². The van der Waals surface area contributed by atoms with Gasteiger partial charge in [0, 0.05) is 45.7 Å². The highest BCUT2D eigenvalue weighted by molar-refractivity contribution is 14.0. The van der Waals surface area contributed by atoms with Crippen molar-refractivity contribution in [2.24, 2.45) is 4.99 Å². The van der Waals surface area contributed by atoms with Gasteiger partial charge in [0.25, 0.3) is 0 Å². The number of aromatic nitrogens is 2. The highest BCUT2D eigenvalue weighted by Crippen LogP contribution is 2.25. The molecule has 0 radical (unpaired) electrons. The number of imidazole rings is 1. The summed E-state index contributed by atoms with van der Waals surface area (Å²) in [5.74, 6) is 1.72. The van der Waals surface area contributed by atoms with E-state index < -0.39 is 12.2 Å². The third-order valence-corrected chi connectivity index (χ3v) is 5.24. The van der Waals surface area contributed by atoms with E-state index in [-0.39, 0.29) is 24.0 Å². The lowest BCUT2D eigenvalue weighted by atomic mass is 10.2. The lowest BCUT2D eigenvalue weighted by Gasteiger charge is -2.39. The lowest BCUT2D eigenvalue weighted by molar-refractivity contribution is -0.181. The average molecular weight is 538 g/mol. The molecule has 1 unspecified atom stereocenters. The largest absolute Gasteiger partial charge is 0.403 e. The van der Waals surface area contributed by atoms with E-state index in [0.717, 1.165) is 42.2 Å². The molecule has 2 N–H and O–H groups in total. The first-order valence-electron chi connectivity index (χ1n) is 10.2.